The highest BCUT2D eigenvalue weighted by molar-refractivity contribution is 6.31. The van der Waals surface area contributed by atoms with E-state index < -0.39 is 6.04 Å². The van der Waals surface area contributed by atoms with Gasteiger partial charge in [-0.05, 0) is 53.6 Å². The van der Waals surface area contributed by atoms with Gasteiger partial charge in [-0.2, -0.15) is 0 Å². The topological polar surface area (TPSA) is 114 Å². The second kappa shape index (κ2) is 11.3. The third-order valence-corrected chi connectivity index (χ3v) is 6.57. The SMILES string of the molecule is COc1cc(NC(=O)c2ccc(CN3C(=O)c4ccc(Cl)cc4NC(=O)C3Cc3cccnc3)cc2)ccn1. The molecule has 9 nitrogen and oxygen atoms in total. The van der Waals surface area contributed by atoms with Crippen molar-refractivity contribution in [2.24, 2.45) is 0 Å². The number of methoxy groups -OCH3 is 1. The molecule has 0 spiro atoms. The Morgan fingerprint density at radius 3 is 2.62 bits per heavy atom. The fourth-order valence-corrected chi connectivity index (χ4v) is 4.52. The first-order valence-electron chi connectivity index (χ1n) is 12.1. The van der Waals surface area contributed by atoms with E-state index in [1.165, 1.54) is 7.11 Å². The van der Waals surface area contributed by atoms with Gasteiger partial charge in [-0.25, -0.2) is 4.98 Å². The minimum atomic E-state index is -0.794. The van der Waals surface area contributed by atoms with Crippen molar-refractivity contribution in [1.82, 2.24) is 14.9 Å². The van der Waals surface area contributed by atoms with Gasteiger partial charge in [0.2, 0.25) is 11.8 Å². The molecule has 10 heteroatoms. The number of carbonyl (C=O) groups is 3. The van der Waals surface area contributed by atoms with Gasteiger partial charge < -0.3 is 20.3 Å². The second-order valence-electron chi connectivity index (χ2n) is 8.93. The molecular weight excluding hydrogens is 518 g/mol. The predicted molar refractivity (Wildman–Crippen MR) is 147 cm³/mol. The fourth-order valence-electron chi connectivity index (χ4n) is 4.35. The molecule has 196 valence electrons. The van der Waals surface area contributed by atoms with Gasteiger partial charge in [-0.3, -0.25) is 19.4 Å². The highest BCUT2D eigenvalue weighted by Crippen LogP contribution is 2.29. The van der Waals surface area contributed by atoms with Crippen LogP contribution in [0.25, 0.3) is 0 Å². The Morgan fingerprint density at radius 1 is 1.05 bits per heavy atom. The summed E-state index contributed by atoms with van der Waals surface area (Å²) < 4.78 is 5.10. The van der Waals surface area contributed by atoms with E-state index in [0.717, 1.165) is 11.1 Å². The van der Waals surface area contributed by atoms with Crippen LogP contribution in [0.3, 0.4) is 0 Å². The van der Waals surface area contributed by atoms with Gasteiger partial charge in [0.15, 0.2) is 0 Å². The van der Waals surface area contributed by atoms with E-state index >= 15 is 0 Å². The number of hydrogen-bond donors (Lipinski definition) is 2. The average Bonchev–Trinajstić information content (AvgIpc) is 3.03. The number of anilines is 2. The normalized spacial score (nSPS) is 14.7. The van der Waals surface area contributed by atoms with Crippen LogP contribution in [-0.4, -0.2) is 45.7 Å². The maximum Gasteiger partial charge on any atom is 0.256 e. The number of nitrogens with zero attached hydrogens (tertiary/aromatic N) is 3. The summed E-state index contributed by atoms with van der Waals surface area (Å²) in [5.41, 5.74) is 3.28. The minimum absolute atomic E-state index is 0.155. The van der Waals surface area contributed by atoms with Crippen molar-refractivity contribution in [2.45, 2.75) is 19.0 Å². The van der Waals surface area contributed by atoms with Gasteiger partial charge in [0.1, 0.15) is 6.04 Å². The standard InChI is InChI=1S/C29H24ClN5O4/c1-39-26-15-22(10-12-32-26)33-27(36)20-6-4-18(5-7-20)17-35-25(13-19-3-2-11-31-16-19)28(37)34-24-14-21(30)8-9-23(24)29(35)38/h2-12,14-16,25H,13,17H2,1H3,(H,34,37)(H,32,33,36). The number of carbonyl (C=O) groups excluding carboxylic acids is 3. The number of aromatic nitrogens is 2. The summed E-state index contributed by atoms with van der Waals surface area (Å²) in [6.07, 6.45) is 5.15. The summed E-state index contributed by atoms with van der Waals surface area (Å²) in [4.78, 5) is 49.6. The van der Waals surface area contributed by atoms with Crippen molar-refractivity contribution in [3.05, 3.63) is 113 Å². The maximum absolute atomic E-state index is 13.7. The van der Waals surface area contributed by atoms with E-state index in [-0.39, 0.29) is 30.7 Å². The lowest BCUT2D eigenvalue weighted by molar-refractivity contribution is -0.120. The number of ether oxygens (including phenoxy) is 1. The minimum Gasteiger partial charge on any atom is -0.481 e. The molecule has 1 aliphatic heterocycles. The molecule has 5 rings (SSSR count). The zero-order valence-electron chi connectivity index (χ0n) is 20.9. The van der Waals surface area contributed by atoms with Gasteiger partial charge >= 0.3 is 0 Å². The number of hydrogen-bond acceptors (Lipinski definition) is 6. The zero-order valence-corrected chi connectivity index (χ0v) is 21.7. The third kappa shape index (κ3) is 5.89. The van der Waals surface area contributed by atoms with Crippen LogP contribution in [0, 0.1) is 0 Å². The van der Waals surface area contributed by atoms with E-state index in [1.54, 1.807) is 84.2 Å². The molecule has 39 heavy (non-hydrogen) atoms. The summed E-state index contributed by atoms with van der Waals surface area (Å²) >= 11 is 6.14. The Labute approximate surface area is 229 Å². The van der Waals surface area contributed by atoms with Gasteiger partial charge in [0.05, 0.1) is 18.4 Å². The van der Waals surface area contributed by atoms with Crippen LogP contribution in [0.1, 0.15) is 31.8 Å². The molecule has 0 radical (unpaired) electrons. The predicted octanol–water partition coefficient (Wildman–Crippen LogP) is 4.60. The lowest BCUT2D eigenvalue weighted by Crippen LogP contribution is -2.46. The Bertz CT molecular complexity index is 1530. The molecule has 2 aromatic carbocycles. The van der Waals surface area contributed by atoms with E-state index in [0.29, 0.717) is 33.4 Å². The van der Waals surface area contributed by atoms with E-state index in [1.807, 2.05) is 6.07 Å². The van der Waals surface area contributed by atoms with Gasteiger partial charge in [-0.1, -0.05) is 29.8 Å². The number of rotatable bonds is 7. The van der Waals surface area contributed by atoms with Crippen LogP contribution in [0.2, 0.25) is 5.02 Å². The van der Waals surface area contributed by atoms with Crippen LogP contribution in [0.5, 0.6) is 5.88 Å². The van der Waals surface area contributed by atoms with Crippen LogP contribution >= 0.6 is 11.6 Å². The monoisotopic (exact) mass is 541 g/mol. The molecule has 0 bridgehead atoms. The van der Waals surface area contributed by atoms with Crippen LogP contribution in [0.15, 0.2) is 85.3 Å². The van der Waals surface area contributed by atoms with E-state index in [9.17, 15) is 14.4 Å². The molecule has 1 atom stereocenters. The lowest BCUT2D eigenvalue weighted by Gasteiger charge is -2.29. The summed E-state index contributed by atoms with van der Waals surface area (Å²) in [7, 11) is 1.50. The molecule has 0 saturated carbocycles. The first-order valence-corrected chi connectivity index (χ1v) is 12.5. The number of benzene rings is 2. The Morgan fingerprint density at radius 2 is 1.87 bits per heavy atom. The Balaban J connectivity index is 1.40. The van der Waals surface area contributed by atoms with Crippen LogP contribution < -0.4 is 15.4 Å². The second-order valence-corrected chi connectivity index (χ2v) is 9.37. The summed E-state index contributed by atoms with van der Waals surface area (Å²) in [5, 5.41) is 6.09. The average molecular weight is 542 g/mol. The van der Waals surface area contributed by atoms with Gasteiger partial charge in [-0.15, -0.1) is 0 Å². The van der Waals surface area contributed by atoms with Crippen molar-refractivity contribution < 1.29 is 19.1 Å². The van der Waals surface area contributed by atoms with Gasteiger partial charge in [0, 0.05) is 53.9 Å². The molecule has 3 amide bonds. The van der Waals surface area contributed by atoms with Crippen LogP contribution in [0.4, 0.5) is 11.4 Å². The summed E-state index contributed by atoms with van der Waals surface area (Å²) in [5.74, 6) is -0.543. The molecule has 0 fully saturated rings. The first kappa shape index (κ1) is 25.9. The smallest absolute Gasteiger partial charge is 0.256 e. The Kier molecular flexibility index (Phi) is 7.51. The molecule has 2 N–H and O–H groups in total. The van der Waals surface area contributed by atoms with E-state index in [4.69, 9.17) is 16.3 Å². The van der Waals surface area contributed by atoms with Crippen molar-refractivity contribution in [2.75, 3.05) is 17.7 Å². The lowest BCUT2D eigenvalue weighted by atomic mass is 10.0. The molecule has 0 saturated heterocycles. The molecule has 1 aliphatic rings. The molecule has 2 aromatic heterocycles. The van der Waals surface area contributed by atoms with Crippen molar-refractivity contribution in [3.63, 3.8) is 0 Å². The van der Waals surface area contributed by atoms with Crippen molar-refractivity contribution >= 4 is 40.7 Å². The highest BCUT2D eigenvalue weighted by Gasteiger charge is 2.35. The largest absolute Gasteiger partial charge is 0.481 e. The third-order valence-electron chi connectivity index (χ3n) is 6.33. The van der Waals surface area contributed by atoms with Gasteiger partial charge in [0.25, 0.3) is 11.8 Å². The van der Waals surface area contributed by atoms with Crippen LogP contribution in [-0.2, 0) is 17.8 Å². The number of halogens is 1. The van der Waals surface area contributed by atoms with E-state index in [2.05, 4.69) is 20.6 Å². The number of nitrogens with one attached hydrogen (secondary N) is 2. The first-order chi connectivity index (χ1) is 18.9. The zero-order chi connectivity index (χ0) is 27.4. The Hall–Kier alpha value is -4.76. The number of fused-ring (bicyclic) bond motifs is 1. The quantitative estimate of drug-likeness (QED) is 0.353. The summed E-state index contributed by atoms with van der Waals surface area (Å²) in [6, 6.07) is 17.8. The highest BCUT2D eigenvalue weighted by atomic mass is 35.5. The summed E-state index contributed by atoms with van der Waals surface area (Å²) in [6.45, 7) is 0.155. The fraction of sp³-hybridized carbons (Fsp3) is 0.138. The van der Waals surface area contributed by atoms with Crippen molar-refractivity contribution in [1.29, 1.82) is 0 Å². The molecule has 3 heterocycles. The number of amides is 3. The molecule has 1 unspecified atom stereocenters. The number of pyridine rings is 2. The maximum atomic E-state index is 13.7. The molecular formula is C29H24ClN5O4. The molecule has 4 aromatic rings. The molecule has 0 aliphatic carbocycles. The van der Waals surface area contributed by atoms with Crippen molar-refractivity contribution in [3.8, 4) is 5.88 Å².